The van der Waals surface area contributed by atoms with Crippen molar-refractivity contribution in [3.8, 4) is 0 Å². The first-order valence-corrected chi connectivity index (χ1v) is 6.81. The average molecular weight is 277 g/mol. The Morgan fingerprint density at radius 3 is 2.85 bits per heavy atom. The second kappa shape index (κ2) is 6.52. The summed E-state index contributed by atoms with van der Waals surface area (Å²) in [6.45, 7) is 2.45. The second-order valence-electron chi connectivity index (χ2n) is 5.06. The Bertz CT molecular complexity index is 500. The molecule has 0 aromatic heterocycles. The Hall–Kier alpha value is -1.88. The molecule has 2 N–H and O–H groups in total. The molecule has 1 saturated heterocycles. The molecule has 0 spiro atoms. The van der Waals surface area contributed by atoms with E-state index in [1.165, 1.54) is 0 Å². The van der Waals surface area contributed by atoms with Crippen LogP contribution in [0.1, 0.15) is 35.7 Å². The minimum Gasteiger partial charge on any atom is -0.478 e. The van der Waals surface area contributed by atoms with Crippen LogP contribution in [-0.4, -0.2) is 35.7 Å². The number of nitrogens with one attached hydrogen (secondary N) is 1. The minimum atomic E-state index is -0.941. The molecule has 1 aliphatic rings. The number of carbonyl (C=O) groups excluding carboxylic acids is 1. The standard InChI is InChI=1S/C15H19NO4/c1-10-5-6-13(20-10)14(17)16-8-7-11-3-2-4-12(9-11)15(18)19/h2-4,9-10,13H,5-8H2,1H3,(H,16,17)(H,18,19)/t10-,13+/m1/s1. The van der Waals surface area contributed by atoms with Crippen molar-refractivity contribution in [2.75, 3.05) is 6.54 Å². The highest BCUT2D eigenvalue weighted by molar-refractivity contribution is 5.87. The van der Waals surface area contributed by atoms with Crippen molar-refractivity contribution in [2.45, 2.75) is 38.4 Å². The van der Waals surface area contributed by atoms with Gasteiger partial charge in [0.1, 0.15) is 6.10 Å². The van der Waals surface area contributed by atoms with E-state index in [1.54, 1.807) is 18.2 Å². The van der Waals surface area contributed by atoms with E-state index in [4.69, 9.17) is 9.84 Å². The fraction of sp³-hybridized carbons (Fsp3) is 0.467. The molecule has 0 unspecified atom stereocenters. The van der Waals surface area contributed by atoms with Gasteiger partial charge in [-0.15, -0.1) is 0 Å². The first-order valence-electron chi connectivity index (χ1n) is 6.81. The number of carbonyl (C=O) groups is 2. The highest BCUT2D eigenvalue weighted by Crippen LogP contribution is 2.18. The molecule has 1 aromatic carbocycles. The van der Waals surface area contributed by atoms with Crippen molar-refractivity contribution >= 4 is 11.9 Å². The third kappa shape index (κ3) is 3.81. The maximum Gasteiger partial charge on any atom is 0.335 e. The van der Waals surface area contributed by atoms with E-state index in [9.17, 15) is 9.59 Å². The van der Waals surface area contributed by atoms with Gasteiger partial charge < -0.3 is 15.2 Å². The summed E-state index contributed by atoms with van der Waals surface area (Å²) in [5, 5.41) is 11.7. The molecule has 0 saturated carbocycles. The second-order valence-corrected chi connectivity index (χ2v) is 5.06. The van der Waals surface area contributed by atoms with Crippen molar-refractivity contribution in [1.29, 1.82) is 0 Å². The summed E-state index contributed by atoms with van der Waals surface area (Å²) < 4.78 is 5.49. The normalized spacial score (nSPS) is 21.6. The third-order valence-electron chi connectivity index (χ3n) is 3.41. The van der Waals surface area contributed by atoms with E-state index in [2.05, 4.69) is 5.32 Å². The van der Waals surface area contributed by atoms with Crippen LogP contribution < -0.4 is 5.32 Å². The number of aromatic carboxylic acids is 1. The molecular weight excluding hydrogens is 258 g/mol. The van der Waals surface area contributed by atoms with Gasteiger partial charge in [-0.2, -0.15) is 0 Å². The molecule has 1 fully saturated rings. The van der Waals surface area contributed by atoms with E-state index in [0.717, 1.165) is 18.4 Å². The number of hydrogen-bond donors (Lipinski definition) is 2. The average Bonchev–Trinajstić information content (AvgIpc) is 2.86. The lowest BCUT2D eigenvalue weighted by atomic mass is 10.1. The minimum absolute atomic E-state index is 0.0799. The van der Waals surface area contributed by atoms with Crippen LogP contribution in [0.3, 0.4) is 0 Å². The predicted molar refractivity (Wildman–Crippen MR) is 73.7 cm³/mol. The summed E-state index contributed by atoms with van der Waals surface area (Å²) in [4.78, 5) is 22.7. The van der Waals surface area contributed by atoms with Gasteiger partial charge in [0.25, 0.3) is 0 Å². The zero-order valence-electron chi connectivity index (χ0n) is 11.5. The van der Waals surface area contributed by atoms with Crippen molar-refractivity contribution in [3.63, 3.8) is 0 Å². The SMILES string of the molecule is C[C@@H]1CC[C@@H](C(=O)NCCc2cccc(C(=O)O)c2)O1. The quantitative estimate of drug-likeness (QED) is 0.857. The van der Waals surface area contributed by atoms with Gasteiger partial charge in [0.2, 0.25) is 5.91 Å². The predicted octanol–water partition coefficient (Wildman–Crippen LogP) is 1.61. The summed E-state index contributed by atoms with van der Waals surface area (Å²) in [5.41, 5.74) is 1.16. The highest BCUT2D eigenvalue weighted by atomic mass is 16.5. The van der Waals surface area contributed by atoms with Gasteiger partial charge in [-0.3, -0.25) is 4.79 Å². The smallest absolute Gasteiger partial charge is 0.335 e. The Morgan fingerprint density at radius 2 is 2.20 bits per heavy atom. The van der Waals surface area contributed by atoms with Crippen LogP contribution in [-0.2, 0) is 16.0 Å². The van der Waals surface area contributed by atoms with E-state index in [1.807, 2.05) is 13.0 Å². The molecule has 1 aliphatic heterocycles. The molecule has 108 valence electrons. The Morgan fingerprint density at radius 1 is 1.40 bits per heavy atom. The van der Waals surface area contributed by atoms with Gasteiger partial charge in [-0.05, 0) is 43.9 Å². The monoisotopic (exact) mass is 277 g/mol. The van der Waals surface area contributed by atoms with E-state index in [-0.39, 0.29) is 23.7 Å². The number of carboxylic acid groups (broad SMARTS) is 1. The molecule has 2 atom stereocenters. The first-order chi connectivity index (χ1) is 9.56. The Labute approximate surface area is 117 Å². The topological polar surface area (TPSA) is 75.6 Å². The molecule has 1 aromatic rings. The van der Waals surface area contributed by atoms with Crippen LogP contribution in [0.4, 0.5) is 0 Å². The largest absolute Gasteiger partial charge is 0.478 e. The van der Waals surface area contributed by atoms with Crippen LogP contribution in [0, 0.1) is 0 Å². The van der Waals surface area contributed by atoms with Crippen LogP contribution >= 0.6 is 0 Å². The van der Waals surface area contributed by atoms with Crippen molar-refractivity contribution in [1.82, 2.24) is 5.32 Å². The lowest BCUT2D eigenvalue weighted by Crippen LogP contribution is -2.35. The lowest BCUT2D eigenvalue weighted by molar-refractivity contribution is -0.131. The third-order valence-corrected chi connectivity index (χ3v) is 3.41. The van der Waals surface area contributed by atoms with Gasteiger partial charge >= 0.3 is 5.97 Å². The van der Waals surface area contributed by atoms with Gasteiger partial charge in [-0.1, -0.05) is 12.1 Å². The van der Waals surface area contributed by atoms with Crippen LogP contribution in [0.2, 0.25) is 0 Å². The van der Waals surface area contributed by atoms with Crippen molar-refractivity contribution < 1.29 is 19.4 Å². The van der Waals surface area contributed by atoms with Gasteiger partial charge in [0.15, 0.2) is 0 Å². The number of amides is 1. The number of benzene rings is 1. The molecule has 20 heavy (non-hydrogen) atoms. The fourth-order valence-corrected chi connectivity index (χ4v) is 2.30. The molecule has 0 bridgehead atoms. The Balaban J connectivity index is 1.79. The number of rotatable bonds is 5. The number of ether oxygens (including phenoxy) is 1. The number of hydrogen-bond acceptors (Lipinski definition) is 3. The maximum absolute atomic E-state index is 11.8. The lowest BCUT2D eigenvalue weighted by Gasteiger charge is -2.11. The molecule has 5 nitrogen and oxygen atoms in total. The molecule has 1 amide bonds. The molecular formula is C15H19NO4. The van der Waals surface area contributed by atoms with Gasteiger partial charge in [-0.25, -0.2) is 4.79 Å². The Kier molecular flexibility index (Phi) is 4.74. The number of carboxylic acids is 1. The summed E-state index contributed by atoms with van der Waals surface area (Å²) in [7, 11) is 0. The maximum atomic E-state index is 11.8. The zero-order chi connectivity index (χ0) is 14.5. The van der Waals surface area contributed by atoms with E-state index < -0.39 is 5.97 Å². The summed E-state index contributed by atoms with van der Waals surface area (Å²) >= 11 is 0. The van der Waals surface area contributed by atoms with Gasteiger partial charge in [0.05, 0.1) is 11.7 Å². The fourth-order valence-electron chi connectivity index (χ4n) is 2.30. The summed E-state index contributed by atoms with van der Waals surface area (Å²) in [6.07, 6.45) is 2.10. The molecule has 2 rings (SSSR count). The van der Waals surface area contributed by atoms with Crippen molar-refractivity contribution in [2.24, 2.45) is 0 Å². The van der Waals surface area contributed by atoms with Crippen molar-refractivity contribution in [3.05, 3.63) is 35.4 Å². The molecule has 1 heterocycles. The molecule has 0 aliphatic carbocycles. The zero-order valence-corrected chi connectivity index (χ0v) is 11.5. The van der Waals surface area contributed by atoms with E-state index in [0.29, 0.717) is 13.0 Å². The molecule has 0 radical (unpaired) electrons. The first kappa shape index (κ1) is 14.5. The van der Waals surface area contributed by atoms with Crippen LogP contribution in [0.25, 0.3) is 0 Å². The molecule has 5 heteroatoms. The highest BCUT2D eigenvalue weighted by Gasteiger charge is 2.27. The van der Waals surface area contributed by atoms with Crippen LogP contribution in [0.5, 0.6) is 0 Å². The van der Waals surface area contributed by atoms with E-state index >= 15 is 0 Å². The van der Waals surface area contributed by atoms with Gasteiger partial charge in [0, 0.05) is 6.54 Å². The summed E-state index contributed by atoms with van der Waals surface area (Å²) in [6, 6.07) is 6.75. The van der Waals surface area contributed by atoms with Crippen LogP contribution in [0.15, 0.2) is 24.3 Å². The summed E-state index contributed by atoms with van der Waals surface area (Å²) in [5.74, 6) is -1.02.